The fraction of sp³-hybridized carbons (Fsp3) is 0.273. The molecule has 0 bridgehead atoms. The van der Waals surface area contributed by atoms with Gasteiger partial charge in [-0.05, 0) is 42.0 Å². The van der Waals surface area contributed by atoms with Crippen molar-refractivity contribution in [3.63, 3.8) is 0 Å². The van der Waals surface area contributed by atoms with Crippen LogP contribution in [0.25, 0.3) is 0 Å². The Kier molecular flexibility index (Phi) is 6.44. The van der Waals surface area contributed by atoms with Crippen LogP contribution in [-0.2, 0) is 17.5 Å². The summed E-state index contributed by atoms with van der Waals surface area (Å²) in [5.41, 5.74) is 0.839. The number of alkyl halides is 3. The number of amides is 1. The zero-order valence-electron chi connectivity index (χ0n) is 16.6. The van der Waals surface area contributed by atoms with Gasteiger partial charge in [-0.25, -0.2) is 4.98 Å². The Morgan fingerprint density at radius 2 is 1.90 bits per heavy atom. The summed E-state index contributed by atoms with van der Waals surface area (Å²) in [7, 11) is 0. The van der Waals surface area contributed by atoms with Gasteiger partial charge in [-0.3, -0.25) is 4.79 Å². The first-order valence-electron chi connectivity index (χ1n) is 9.42. The van der Waals surface area contributed by atoms with E-state index in [1.807, 2.05) is 24.4 Å². The highest BCUT2D eigenvalue weighted by atomic mass is 19.4. The van der Waals surface area contributed by atoms with Crippen molar-refractivity contribution in [3.05, 3.63) is 77.9 Å². The number of halogens is 3. The fourth-order valence-corrected chi connectivity index (χ4v) is 2.99. The van der Waals surface area contributed by atoms with E-state index in [4.69, 9.17) is 4.74 Å². The Labute approximate surface area is 172 Å². The number of imidazole rings is 1. The van der Waals surface area contributed by atoms with Gasteiger partial charge < -0.3 is 14.6 Å². The summed E-state index contributed by atoms with van der Waals surface area (Å²) >= 11 is 0. The number of anilines is 1. The molecule has 0 aliphatic heterocycles. The van der Waals surface area contributed by atoms with Gasteiger partial charge in [-0.15, -0.1) is 0 Å². The van der Waals surface area contributed by atoms with Crippen molar-refractivity contribution in [1.29, 1.82) is 0 Å². The summed E-state index contributed by atoms with van der Waals surface area (Å²) < 4.78 is 45.1. The number of nitrogens with one attached hydrogen (secondary N) is 1. The van der Waals surface area contributed by atoms with E-state index >= 15 is 0 Å². The molecule has 0 aliphatic carbocycles. The van der Waals surface area contributed by atoms with Crippen LogP contribution in [-0.4, -0.2) is 22.1 Å². The minimum Gasteiger partial charge on any atom is -0.484 e. The molecular weight excluding hydrogens is 395 g/mol. The number of benzene rings is 2. The molecule has 1 heterocycles. The Morgan fingerprint density at radius 1 is 1.17 bits per heavy atom. The second-order valence-corrected chi connectivity index (χ2v) is 7.13. The van der Waals surface area contributed by atoms with Crippen molar-refractivity contribution in [2.75, 3.05) is 11.9 Å². The van der Waals surface area contributed by atoms with Gasteiger partial charge in [0.15, 0.2) is 6.61 Å². The second kappa shape index (κ2) is 9.02. The van der Waals surface area contributed by atoms with Crippen molar-refractivity contribution < 1.29 is 22.7 Å². The van der Waals surface area contributed by atoms with Gasteiger partial charge in [-0.1, -0.05) is 26.0 Å². The maximum absolute atomic E-state index is 12.6. The molecule has 0 saturated carbocycles. The lowest BCUT2D eigenvalue weighted by Crippen LogP contribution is -2.20. The zero-order chi connectivity index (χ0) is 21.7. The topological polar surface area (TPSA) is 56.2 Å². The molecule has 8 heteroatoms. The van der Waals surface area contributed by atoms with Gasteiger partial charge in [0.25, 0.3) is 5.91 Å². The molecule has 1 aromatic heterocycles. The van der Waals surface area contributed by atoms with Crippen molar-refractivity contribution >= 4 is 11.6 Å². The van der Waals surface area contributed by atoms with Gasteiger partial charge in [0.05, 0.1) is 5.56 Å². The molecule has 0 unspecified atom stereocenters. The SMILES string of the molecule is CC(C)c1nccn1Cc1cccc(NC(=O)COc2ccc(C(F)(F)F)cc2)c1. The highest BCUT2D eigenvalue weighted by Crippen LogP contribution is 2.30. The van der Waals surface area contributed by atoms with Crippen LogP contribution in [0.3, 0.4) is 0 Å². The van der Waals surface area contributed by atoms with Crippen LogP contribution >= 0.6 is 0 Å². The first kappa shape index (κ1) is 21.4. The van der Waals surface area contributed by atoms with Gasteiger partial charge in [0, 0.05) is 30.5 Å². The standard InChI is InChI=1S/C22H22F3N3O2/c1-15(2)21-26-10-11-28(21)13-16-4-3-5-18(12-16)27-20(29)14-30-19-8-6-17(7-9-19)22(23,24)25/h3-12,15H,13-14H2,1-2H3,(H,27,29). The molecule has 1 amide bonds. The number of hydrogen-bond donors (Lipinski definition) is 1. The number of carbonyl (C=O) groups is 1. The smallest absolute Gasteiger partial charge is 0.416 e. The first-order valence-corrected chi connectivity index (χ1v) is 9.42. The minimum atomic E-state index is -4.41. The van der Waals surface area contributed by atoms with Gasteiger partial charge in [-0.2, -0.15) is 13.2 Å². The predicted octanol–water partition coefficient (Wildman–Crippen LogP) is 5.09. The normalized spacial score (nSPS) is 11.5. The predicted molar refractivity (Wildman–Crippen MR) is 107 cm³/mol. The highest BCUT2D eigenvalue weighted by molar-refractivity contribution is 5.91. The fourth-order valence-electron chi connectivity index (χ4n) is 2.99. The highest BCUT2D eigenvalue weighted by Gasteiger charge is 2.30. The quantitative estimate of drug-likeness (QED) is 0.583. The molecule has 0 spiro atoms. The molecule has 0 atom stereocenters. The van der Waals surface area contributed by atoms with Crippen LogP contribution in [0.1, 0.15) is 36.7 Å². The summed E-state index contributed by atoms with van der Waals surface area (Å²) in [5.74, 6) is 1.06. The van der Waals surface area contributed by atoms with Gasteiger partial charge in [0.1, 0.15) is 11.6 Å². The molecule has 0 radical (unpaired) electrons. The molecular formula is C22H22F3N3O2. The third-order valence-electron chi connectivity index (χ3n) is 4.38. The number of nitrogens with zero attached hydrogens (tertiary/aromatic N) is 2. The van der Waals surface area contributed by atoms with E-state index in [1.165, 1.54) is 12.1 Å². The zero-order valence-corrected chi connectivity index (χ0v) is 16.6. The Hall–Kier alpha value is -3.29. The van der Waals surface area contributed by atoms with E-state index in [0.717, 1.165) is 23.5 Å². The summed E-state index contributed by atoms with van der Waals surface area (Å²) in [4.78, 5) is 16.5. The number of rotatable bonds is 7. The van der Waals surface area contributed by atoms with Crippen LogP contribution in [0.5, 0.6) is 5.75 Å². The lowest BCUT2D eigenvalue weighted by atomic mass is 10.1. The van der Waals surface area contributed by atoms with E-state index in [2.05, 4.69) is 28.7 Å². The van der Waals surface area contributed by atoms with Crippen molar-refractivity contribution in [1.82, 2.24) is 9.55 Å². The van der Waals surface area contributed by atoms with Gasteiger partial charge in [0.2, 0.25) is 0 Å². The maximum Gasteiger partial charge on any atom is 0.416 e. The Balaban J connectivity index is 1.56. The van der Waals surface area contributed by atoms with E-state index in [9.17, 15) is 18.0 Å². The Morgan fingerprint density at radius 3 is 2.57 bits per heavy atom. The van der Waals surface area contributed by atoms with Gasteiger partial charge >= 0.3 is 6.18 Å². The van der Waals surface area contributed by atoms with Crippen LogP contribution in [0.4, 0.5) is 18.9 Å². The Bertz CT molecular complexity index is 995. The molecule has 0 aliphatic rings. The third kappa shape index (κ3) is 5.62. The molecule has 3 rings (SSSR count). The summed E-state index contributed by atoms with van der Waals surface area (Å²) in [6, 6.07) is 11.6. The number of ether oxygens (including phenoxy) is 1. The van der Waals surface area contributed by atoms with E-state index < -0.39 is 17.6 Å². The first-order chi connectivity index (χ1) is 14.2. The average molecular weight is 417 g/mol. The minimum absolute atomic E-state index is 0.188. The van der Waals surface area contributed by atoms with Crippen molar-refractivity contribution in [2.24, 2.45) is 0 Å². The van der Waals surface area contributed by atoms with Crippen molar-refractivity contribution in [3.8, 4) is 5.75 Å². The molecule has 1 N–H and O–H groups in total. The van der Waals surface area contributed by atoms with Crippen LogP contribution in [0.15, 0.2) is 60.9 Å². The summed E-state index contributed by atoms with van der Waals surface area (Å²) in [6.07, 6.45) is -0.731. The molecule has 5 nitrogen and oxygen atoms in total. The second-order valence-electron chi connectivity index (χ2n) is 7.13. The van der Waals surface area contributed by atoms with E-state index in [-0.39, 0.29) is 12.4 Å². The molecule has 0 saturated heterocycles. The monoisotopic (exact) mass is 417 g/mol. The molecule has 2 aromatic carbocycles. The summed E-state index contributed by atoms with van der Waals surface area (Å²) in [5, 5.41) is 2.74. The lowest BCUT2D eigenvalue weighted by molar-refractivity contribution is -0.137. The van der Waals surface area contributed by atoms with Crippen LogP contribution < -0.4 is 10.1 Å². The van der Waals surface area contributed by atoms with E-state index in [1.54, 1.807) is 12.3 Å². The maximum atomic E-state index is 12.6. The van der Waals surface area contributed by atoms with Crippen molar-refractivity contribution in [2.45, 2.75) is 32.5 Å². The number of carbonyl (C=O) groups excluding carboxylic acids is 1. The van der Waals surface area contributed by atoms with Crippen LogP contribution in [0.2, 0.25) is 0 Å². The van der Waals surface area contributed by atoms with E-state index in [0.29, 0.717) is 18.2 Å². The number of hydrogen-bond acceptors (Lipinski definition) is 3. The molecule has 30 heavy (non-hydrogen) atoms. The molecule has 0 fully saturated rings. The largest absolute Gasteiger partial charge is 0.484 e. The molecule has 3 aromatic rings. The molecule has 158 valence electrons. The number of aromatic nitrogens is 2. The third-order valence-corrected chi connectivity index (χ3v) is 4.38. The van der Waals surface area contributed by atoms with Crippen LogP contribution in [0, 0.1) is 0 Å². The average Bonchev–Trinajstić information content (AvgIpc) is 3.15. The lowest BCUT2D eigenvalue weighted by Gasteiger charge is -2.12. The summed E-state index contributed by atoms with van der Waals surface area (Å²) in [6.45, 7) is 4.46.